The van der Waals surface area contributed by atoms with E-state index in [4.69, 9.17) is 10.8 Å². The number of hydrogen-bond donors (Lipinski definition) is 1. The van der Waals surface area contributed by atoms with E-state index in [1.807, 2.05) is 13.8 Å². The first kappa shape index (κ1) is 18.7. The molecule has 5 nitrogen and oxygen atoms in total. The Morgan fingerprint density at radius 3 is 2.21 bits per heavy atom. The molecule has 2 aromatic rings. The second-order valence-electron chi connectivity index (χ2n) is 7.25. The molecule has 0 spiro atoms. The van der Waals surface area contributed by atoms with Crippen molar-refractivity contribution in [1.29, 1.82) is 0 Å². The zero-order valence-corrected chi connectivity index (χ0v) is 16.1. The number of fused-ring (bicyclic) bond motifs is 1. The molecule has 0 saturated heterocycles. The highest BCUT2D eigenvalue weighted by atomic mass is 15.3. The maximum atomic E-state index is 6.10. The Labute approximate surface area is 146 Å². The first-order chi connectivity index (χ1) is 11.5. The molecule has 3 rings (SSSR count). The van der Waals surface area contributed by atoms with Gasteiger partial charge in [0.15, 0.2) is 5.65 Å². The Kier molecular flexibility index (Phi) is 6.19. The van der Waals surface area contributed by atoms with Crippen molar-refractivity contribution in [1.82, 2.24) is 19.7 Å². The summed E-state index contributed by atoms with van der Waals surface area (Å²) < 4.78 is 2.12. The van der Waals surface area contributed by atoms with E-state index in [1.54, 1.807) is 6.33 Å². The molecule has 0 atom stereocenters. The summed E-state index contributed by atoms with van der Waals surface area (Å²) in [6, 6.07) is 0.444. The molecule has 0 unspecified atom stereocenters. The molecule has 5 heteroatoms. The van der Waals surface area contributed by atoms with Gasteiger partial charge < -0.3 is 5.73 Å². The van der Waals surface area contributed by atoms with Crippen LogP contribution in [-0.2, 0) is 0 Å². The third-order valence-electron chi connectivity index (χ3n) is 5.12. The molecule has 1 saturated carbocycles. The van der Waals surface area contributed by atoms with Crippen molar-refractivity contribution < 1.29 is 0 Å². The molecule has 134 valence electrons. The minimum absolute atomic E-state index is 0.323. The molecule has 1 aliphatic rings. The fourth-order valence-electron chi connectivity index (χ4n) is 3.69. The Balaban J connectivity index is 0.00000100. The number of nitrogens with zero attached hydrogens (tertiary/aromatic N) is 4. The van der Waals surface area contributed by atoms with E-state index in [2.05, 4.69) is 42.3 Å². The minimum Gasteiger partial charge on any atom is -0.383 e. The maximum absolute atomic E-state index is 6.10. The lowest BCUT2D eigenvalue weighted by molar-refractivity contribution is 0.219. The largest absolute Gasteiger partial charge is 0.383 e. The molecule has 1 fully saturated rings. The van der Waals surface area contributed by atoms with Gasteiger partial charge in [0.1, 0.15) is 12.1 Å². The predicted molar refractivity (Wildman–Crippen MR) is 101 cm³/mol. The predicted octanol–water partition coefficient (Wildman–Crippen LogP) is 4.95. The Morgan fingerprint density at radius 1 is 1.04 bits per heavy atom. The smallest absolute Gasteiger partial charge is 0.163 e. The Bertz CT molecular complexity index is 651. The highest BCUT2D eigenvalue weighted by Gasteiger charge is 2.28. The van der Waals surface area contributed by atoms with E-state index in [0.717, 1.165) is 28.6 Å². The van der Waals surface area contributed by atoms with Crippen molar-refractivity contribution in [2.75, 3.05) is 5.73 Å². The summed E-state index contributed by atoms with van der Waals surface area (Å²) in [4.78, 5) is 8.64. The molecular formula is C19H33N5. The summed E-state index contributed by atoms with van der Waals surface area (Å²) in [6.45, 7) is 13.0. The zero-order chi connectivity index (χ0) is 17.9. The highest BCUT2D eigenvalue weighted by Crippen LogP contribution is 2.38. The molecular weight excluding hydrogens is 298 g/mol. The molecule has 0 aromatic carbocycles. The van der Waals surface area contributed by atoms with Crippen molar-refractivity contribution in [3.8, 4) is 0 Å². The second-order valence-corrected chi connectivity index (χ2v) is 7.25. The quantitative estimate of drug-likeness (QED) is 0.864. The lowest BCUT2D eigenvalue weighted by Gasteiger charge is -2.31. The fraction of sp³-hybridized carbons (Fsp3) is 0.737. The molecule has 0 bridgehead atoms. The van der Waals surface area contributed by atoms with E-state index < -0.39 is 0 Å². The average molecular weight is 332 g/mol. The molecule has 24 heavy (non-hydrogen) atoms. The van der Waals surface area contributed by atoms with Gasteiger partial charge in [-0.15, -0.1) is 0 Å². The SMILES string of the molecule is CC.CC(C)c1nn(C2CCC(C(C)C)CC2)c2ncnc(N)c12. The monoisotopic (exact) mass is 331 g/mol. The van der Waals surface area contributed by atoms with Crippen molar-refractivity contribution in [3.63, 3.8) is 0 Å². The summed E-state index contributed by atoms with van der Waals surface area (Å²) >= 11 is 0. The highest BCUT2D eigenvalue weighted by molar-refractivity contribution is 5.88. The third kappa shape index (κ3) is 3.55. The topological polar surface area (TPSA) is 69.6 Å². The lowest BCUT2D eigenvalue weighted by Crippen LogP contribution is -2.22. The normalized spacial score (nSPS) is 21.2. The molecule has 0 aliphatic heterocycles. The maximum Gasteiger partial charge on any atom is 0.163 e. The molecule has 0 amide bonds. The van der Waals surface area contributed by atoms with Crippen LogP contribution in [0.3, 0.4) is 0 Å². The second kappa shape index (κ2) is 7.95. The van der Waals surface area contributed by atoms with E-state index >= 15 is 0 Å². The van der Waals surface area contributed by atoms with Gasteiger partial charge in [-0.2, -0.15) is 5.10 Å². The number of anilines is 1. The van der Waals surface area contributed by atoms with E-state index in [1.165, 1.54) is 25.7 Å². The average Bonchev–Trinajstić information content (AvgIpc) is 2.98. The Hall–Kier alpha value is -1.65. The van der Waals surface area contributed by atoms with Gasteiger partial charge in [0, 0.05) is 0 Å². The summed E-state index contributed by atoms with van der Waals surface area (Å²) in [5.74, 6) is 2.50. The molecule has 2 heterocycles. The molecule has 1 aliphatic carbocycles. The molecule has 0 radical (unpaired) electrons. The first-order valence-corrected chi connectivity index (χ1v) is 9.47. The number of rotatable bonds is 3. The van der Waals surface area contributed by atoms with Crippen LogP contribution in [0.15, 0.2) is 6.33 Å². The van der Waals surface area contributed by atoms with E-state index in [9.17, 15) is 0 Å². The van der Waals surface area contributed by atoms with Crippen LogP contribution < -0.4 is 5.73 Å². The zero-order valence-electron chi connectivity index (χ0n) is 16.1. The van der Waals surface area contributed by atoms with Crippen molar-refractivity contribution in [2.45, 2.75) is 79.2 Å². The van der Waals surface area contributed by atoms with Gasteiger partial charge in [-0.3, -0.25) is 0 Å². The van der Waals surface area contributed by atoms with Gasteiger partial charge >= 0.3 is 0 Å². The van der Waals surface area contributed by atoms with Gasteiger partial charge in [-0.05, 0) is 43.4 Å². The van der Waals surface area contributed by atoms with Crippen LogP contribution in [0.1, 0.15) is 84.9 Å². The van der Waals surface area contributed by atoms with Crippen LogP contribution in [0.4, 0.5) is 5.82 Å². The van der Waals surface area contributed by atoms with Crippen molar-refractivity contribution in [3.05, 3.63) is 12.0 Å². The van der Waals surface area contributed by atoms with Crippen LogP contribution in [0.2, 0.25) is 0 Å². The molecule has 2 aromatic heterocycles. The number of nitrogens with two attached hydrogens (primary N) is 1. The van der Waals surface area contributed by atoms with Crippen LogP contribution in [-0.4, -0.2) is 19.7 Å². The van der Waals surface area contributed by atoms with Crippen LogP contribution in [0.25, 0.3) is 11.0 Å². The van der Waals surface area contributed by atoms with Crippen LogP contribution >= 0.6 is 0 Å². The summed E-state index contributed by atoms with van der Waals surface area (Å²) in [5.41, 5.74) is 8.03. The van der Waals surface area contributed by atoms with Gasteiger partial charge in [0.25, 0.3) is 0 Å². The van der Waals surface area contributed by atoms with Crippen molar-refractivity contribution in [2.24, 2.45) is 11.8 Å². The van der Waals surface area contributed by atoms with Crippen molar-refractivity contribution >= 4 is 16.9 Å². The van der Waals surface area contributed by atoms with Crippen LogP contribution in [0, 0.1) is 11.8 Å². The minimum atomic E-state index is 0.323. The van der Waals surface area contributed by atoms with Gasteiger partial charge in [-0.1, -0.05) is 41.5 Å². The summed E-state index contributed by atoms with van der Waals surface area (Å²) in [5, 5.41) is 5.83. The summed E-state index contributed by atoms with van der Waals surface area (Å²) in [6.07, 6.45) is 6.48. The fourth-order valence-corrected chi connectivity index (χ4v) is 3.69. The molecule has 2 N–H and O–H groups in total. The summed E-state index contributed by atoms with van der Waals surface area (Å²) in [7, 11) is 0. The van der Waals surface area contributed by atoms with E-state index in [-0.39, 0.29) is 0 Å². The van der Waals surface area contributed by atoms with Gasteiger partial charge in [0.05, 0.1) is 17.1 Å². The van der Waals surface area contributed by atoms with Crippen LogP contribution in [0.5, 0.6) is 0 Å². The number of aromatic nitrogens is 4. The van der Waals surface area contributed by atoms with E-state index in [0.29, 0.717) is 17.8 Å². The number of nitrogen functional groups attached to an aromatic ring is 1. The van der Waals surface area contributed by atoms with Gasteiger partial charge in [-0.25, -0.2) is 14.6 Å². The first-order valence-electron chi connectivity index (χ1n) is 9.47. The Morgan fingerprint density at radius 2 is 1.67 bits per heavy atom. The standard InChI is InChI=1S/C17H27N5.C2H6/c1-10(2)12-5-7-13(8-6-12)22-17-14(15(21-22)11(3)4)16(18)19-9-20-17;1-2/h9-13H,5-8H2,1-4H3,(H2,18,19,20);1-2H3. The lowest BCUT2D eigenvalue weighted by atomic mass is 9.80. The van der Waals surface area contributed by atoms with Gasteiger partial charge in [0.2, 0.25) is 0 Å². The third-order valence-corrected chi connectivity index (χ3v) is 5.12. The number of hydrogen-bond acceptors (Lipinski definition) is 4.